The van der Waals surface area contributed by atoms with E-state index in [9.17, 15) is 9.90 Å². The number of benzene rings is 1. The predicted octanol–water partition coefficient (Wildman–Crippen LogP) is 2.85. The van der Waals surface area contributed by atoms with Gasteiger partial charge in [-0.15, -0.1) is 11.3 Å². The van der Waals surface area contributed by atoms with Crippen LogP contribution in [0.4, 0.5) is 0 Å². The number of aromatic hydroxyl groups is 2. The van der Waals surface area contributed by atoms with Crippen LogP contribution in [0.15, 0.2) is 34.1 Å². The summed E-state index contributed by atoms with van der Waals surface area (Å²) >= 11 is 4.89. The second kappa shape index (κ2) is 5.41. The highest BCUT2D eigenvalue weighted by molar-refractivity contribution is 9.11. The highest BCUT2D eigenvalue weighted by atomic mass is 79.9. The molecule has 18 heavy (non-hydrogen) atoms. The molecule has 0 aliphatic heterocycles. The Labute approximate surface area is 116 Å². The minimum atomic E-state index is -0.304. The maximum Gasteiger partial charge on any atom is 0.251 e. The second-order valence-electron chi connectivity index (χ2n) is 3.59. The highest BCUT2D eigenvalue weighted by Crippen LogP contribution is 2.25. The number of carbonyl (C=O) groups is 1. The van der Waals surface area contributed by atoms with Gasteiger partial charge in [-0.3, -0.25) is 4.79 Å². The molecule has 0 aliphatic carbocycles. The lowest BCUT2D eigenvalue weighted by atomic mass is 10.2. The van der Waals surface area contributed by atoms with Crippen LogP contribution in [0.1, 0.15) is 15.2 Å². The summed E-state index contributed by atoms with van der Waals surface area (Å²) < 4.78 is 1.01. The third-order valence-corrected chi connectivity index (χ3v) is 3.91. The molecule has 1 heterocycles. The summed E-state index contributed by atoms with van der Waals surface area (Å²) in [7, 11) is 0. The summed E-state index contributed by atoms with van der Waals surface area (Å²) in [6.07, 6.45) is 0. The Morgan fingerprint density at radius 3 is 2.61 bits per heavy atom. The molecule has 1 aromatic carbocycles. The Morgan fingerprint density at radius 2 is 2.00 bits per heavy atom. The van der Waals surface area contributed by atoms with E-state index in [4.69, 9.17) is 5.11 Å². The Hall–Kier alpha value is -1.53. The van der Waals surface area contributed by atoms with Crippen molar-refractivity contribution in [2.75, 3.05) is 0 Å². The van der Waals surface area contributed by atoms with Crippen LogP contribution in [-0.2, 0) is 6.54 Å². The Morgan fingerprint density at radius 1 is 1.22 bits per heavy atom. The number of amides is 1. The zero-order valence-corrected chi connectivity index (χ0v) is 11.6. The number of hydrogen-bond acceptors (Lipinski definition) is 4. The molecule has 2 rings (SSSR count). The van der Waals surface area contributed by atoms with Crippen molar-refractivity contribution in [1.82, 2.24) is 5.32 Å². The number of thiophene rings is 1. The Kier molecular flexibility index (Phi) is 3.88. The summed E-state index contributed by atoms with van der Waals surface area (Å²) in [5.41, 5.74) is 0.306. The van der Waals surface area contributed by atoms with Crippen molar-refractivity contribution in [3.8, 4) is 11.5 Å². The molecular weight excluding hydrogens is 318 g/mol. The van der Waals surface area contributed by atoms with Crippen LogP contribution in [0.5, 0.6) is 11.5 Å². The second-order valence-corrected chi connectivity index (χ2v) is 6.14. The van der Waals surface area contributed by atoms with E-state index in [-0.39, 0.29) is 17.4 Å². The summed E-state index contributed by atoms with van der Waals surface area (Å²) in [6.45, 7) is 0.427. The van der Waals surface area contributed by atoms with E-state index < -0.39 is 0 Å². The van der Waals surface area contributed by atoms with Crippen molar-refractivity contribution >= 4 is 33.2 Å². The van der Waals surface area contributed by atoms with E-state index in [2.05, 4.69) is 21.2 Å². The third kappa shape index (κ3) is 3.02. The first kappa shape index (κ1) is 12.9. The van der Waals surface area contributed by atoms with Crippen molar-refractivity contribution in [3.05, 3.63) is 44.6 Å². The molecule has 0 atom stereocenters. The lowest BCUT2D eigenvalue weighted by Gasteiger charge is -2.05. The van der Waals surface area contributed by atoms with Gasteiger partial charge in [0.1, 0.15) is 0 Å². The summed E-state index contributed by atoms with van der Waals surface area (Å²) in [5.74, 6) is -0.843. The number of nitrogens with one attached hydrogen (secondary N) is 1. The minimum absolute atomic E-state index is 0.242. The van der Waals surface area contributed by atoms with Crippen molar-refractivity contribution in [3.63, 3.8) is 0 Å². The zero-order valence-electron chi connectivity index (χ0n) is 9.18. The molecule has 0 bridgehead atoms. The van der Waals surface area contributed by atoms with Gasteiger partial charge in [-0.2, -0.15) is 0 Å². The summed E-state index contributed by atoms with van der Waals surface area (Å²) in [6, 6.07) is 7.80. The molecule has 0 radical (unpaired) electrons. The molecule has 0 unspecified atom stereocenters. The maximum absolute atomic E-state index is 11.8. The molecular formula is C12H10BrNO3S. The molecule has 3 N–H and O–H groups in total. The Bertz CT molecular complexity index is 582. The molecule has 94 valence electrons. The molecule has 0 saturated heterocycles. The normalized spacial score (nSPS) is 10.3. The van der Waals surface area contributed by atoms with E-state index >= 15 is 0 Å². The fraction of sp³-hybridized carbons (Fsp3) is 0.0833. The first-order valence-corrected chi connectivity index (χ1v) is 6.71. The molecule has 0 aliphatic rings. The topological polar surface area (TPSA) is 69.6 Å². The quantitative estimate of drug-likeness (QED) is 0.759. The van der Waals surface area contributed by atoms with E-state index in [1.54, 1.807) is 11.3 Å². The van der Waals surface area contributed by atoms with Crippen molar-refractivity contribution < 1.29 is 15.0 Å². The van der Waals surface area contributed by atoms with Gasteiger partial charge in [0, 0.05) is 10.4 Å². The fourth-order valence-corrected chi connectivity index (χ4v) is 2.80. The number of rotatable bonds is 3. The van der Waals surface area contributed by atoms with Gasteiger partial charge in [-0.25, -0.2) is 0 Å². The van der Waals surface area contributed by atoms with Gasteiger partial charge < -0.3 is 15.5 Å². The average Bonchev–Trinajstić information content (AvgIpc) is 2.75. The molecule has 0 spiro atoms. The van der Waals surface area contributed by atoms with Gasteiger partial charge in [-0.05, 0) is 46.3 Å². The average molecular weight is 328 g/mol. The molecule has 1 aromatic heterocycles. The number of phenolic OH excluding ortho intramolecular Hbond substituents is 2. The van der Waals surface area contributed by atoms with E-state index in [1.807, 2.05) is 12.1 Å². The number of halogens is 1. The van der Waals surface area contributed by atoms with Gasteiger partial charge >= 0.3 is 0 Å². The lowest BCUT2D eigenvalue weighted by Crippen LogP contribution is -2.22. The maximum atomic E-state index is 11.8. The Balaban J connectivity index is 2.01. The molecule has 0 saturated carbocycles. The monoisotopic (exact) mass is 327 g/mol. The van der Waals surface area contributed by atoms with Crippen LogP contribution in [0.2, 0.25) is 0 Å². The van der Waals surface area contributed by atoms with E-state index in [0.717, 1.165) is 8.66 Å². The molecule has 4 nitrogen and oxygen atoms in total. The highest BCUT2D eigenvalue weighted by Gasteiger charge is 2.08. The number of phenols is 2. The van der Waals surface area contributed by atoms with Gasteiger partial charge in [0.2, 0.25) is 0 Å². The van der Waals surface area contributed by atoms with E-state index in [1.165, 1.54) is 18.2 Å². The van der Waals surface area contributed by atoms with Gasteiger partial charge in [-0.1, -0.05) is 0 Å². The van der Waals surface area contributed by atoms with Gasteiger partial charge in [0.15, 0.2) is 11.5 Å². The van der Waals surface area contributed by atoms with Crippen molar-refractivity contribution in [2.45, 2.75) is 6.54 Å². The number of carbonyl (C=O) groups excluding carboxylic acids is 1. The van der Waals surface area contributed by atoms with Crippen LogP contribution < -0.4 is 5.32 Å². The summed E-state index contributed by atoms with van der Waals surface area (Å²) in [4.78, 5) is 12.8. The van der Waals surface area contributed by atoms with Crippen LogP contribution in [0.25, 0.3) is 0 Å². The van der Waals surface area contributed by atoms with E-state index in [0.29, 0.717) is 12.1 Å². The SMILES string of the molecule is O=C(NCc1ccc(Br)s1)c1ccc(O)c(O)c1. The molecule has 6 heteroatoms. The lowest BCUT2D eigenvalue weighted by molar-refractivity contribution is 0.0951. The van der Waals surface area contributed by atoms with Crippen LogP contribution in [0, 0.1) is 0 Å². The zero-order chi connectivity index (χ0) is 13.1. The standard InChI is InChI=1S/C12H10BrNO3S/c13-11-4-2-8(18-11)6-14-12(17)7-1-3-9(15)10(16)5-7/h1-5,15-16H,6H2,(H,14,17). The largest absolute Gasteiger partial charge is 0.504 e. The number of hydrogen-bond donors (Lipinski definition) is 3. The molecule has 1 amide bonds. The first-order chi connectivity index (χ1) is 8.56. The first-order valence-electron chi connectivity index (χ1n) is 5.10. The van der Waals surface area contributed by atoms with Crippen molar-refractivity contribution in [2.24, 2.45) is 0 Å². The summed E-state index contributed by atoms with van der Waals surface area (Å²) in [5, 5.41) is 21.2. The predicted molar refractivity (Wildman–Crippen MR) is 73.0 cm³/mol. The fourth-order valence-electron chi connectivity index (χ4n) is 1.38. The van der Waals surface area contributed by atoms with Crippen LogP contribution in [-0.4, -0.2) is 16.1 Å². The van der Waals surface area contributed by atoms with Crippen LogP contribution in [0.3, 0.4) is 0 Å². The third-order valence-electron chi connectivity index (χ3n) is 2.29. The molecule has 2 aromatic rings. The minimum Gasteiger partial charge on any atom is -0.504 e. The molecule has 0 fully saturated rings. The van der Waals surface area contributed by atoms with Gasteiger partial charge in [0.05, 0.1) is 10.3 Å². The van der Waals surface area contributed by atoms with Crippen LogP contribution >= 0.6 is 27.3 Å². The smallest absolute Gasteiger partial charge is 0.251 e. The van der Waals surface area contributed by atoms with Crippen molar-refractivity contribution in [1.29, 1.82) is 0 Å². The van der Waals surface area contributed by atoms with Gasteiger partial charge in [0.25, 0.3) is 5.91 Å².